The van der Waals surface area contributed by atoms with Crippen LogP contribution in [0.25, 0.3) is 5.78 Å². The van der Waals surface area contributed by atoms with E-state index in [1.807, 2.05) is 0 Å². The second-order valence-corrected chi connectivity index (χ2v) is 12.2. The molecule has 46 heavy (non-hydrogen) atoms. The van der Waals surface area contributed by atoms with Gasteiger partial charge in [0.2, 0.25) is 17.6 Å². The lowest BCUT2D eigenvalue weighted by Gasteiger charge is -2.33. The quantitative estimate of drug-likeness (QED) is 0.222. The van der Waals surface area contributed by atoms with Gasteiger partial charge in [-0.15, -0.1) is 0 Å². The Morgan fingerprint density at radius 2 is 1.63 bits per heavy atom. The van der Waals surface area contributed by atoms with Crippen molar-refractivity contribution in [3.63, 3.8) is 0 Å². The third kappa shape index (κ3) is 8.32. The van der Waals surface area contributed by atoms with Crippen molar-refractivity contribution in [2.45, 2.75) is 95.1 Å². The first kappa shape index (κ1) is 33.6. The molecular weight excluding hydrogens is 632 g/mol. The number of hydrogen-bond acceptors (Lipinski definition) is 6. The number of nitrogens with one attached hydrogen (secondary N) is 2. The first-order valence-electron chi connectivity index (χ1n) is 14.9. The lowest BCUT2D eigenvalue weighted by atomic mass is 9.81. The number of carbonyl (C=O) groups is 2. The molecule has 2 N–H and O–H groups in total. The highest BCUT2D eigenvalue weighted by Crippen LogP contribution is 2.43. The van der Waals surface area contributed by atoms with Crippen molar-refractivity contribution >= 4 is 17.6 Å². The summed E-state index contributed by atoms with van der Waals surface area (Å²) in [6.45, 7) is 0.928. The van der Waals surface area contributed by atoms with Gasteiger partial charge in [0.25, 0.3) is 5.91 Å². The number of halogens is 8. The number of hydrogen-bond donors (Lipinski definition) is 2. The van der Waals surface area contributed by atoms with Crippen LogP contribution in [0, 0.1) is 17.8 Å². The topological polar surface area (TPSA) is 114 Å². The highest BCUT2D eigenvalue weighted by Gasteiger charge is 2.41. The molecular formula is C29H32F8N6O3. The Labute approximate surface area is 257 Å². The van der Waals surface area contributed by atoms with E-state index in [0.717, 1.165) is 26.0 Å². The maximum atomic E-state index is 14.0. The number of aromatic nitrogens is 4. The molecule has 2 aliphatic carbocycles. The second kappa shape index (κ2) is 12.8. The summed E-state index contributed by atoms with van der Waals surface area (Å²) < 4.78 is 112. The van der Waals surface area contributed by atoms with E-state index < -0.39 is 86.1 Å². The standard InChI is InChI=1S/C29H32F8N6O3/c1-15(29(35,36)37)12-22(44)40-23(16-2-3-16)20-7-11-43-13-21(39-26(43)38-20)24(17-4-8-27(30,31)9-5-17)41-25(45)18-14-46-42-19(18)6-10-28(32,33)34/h7,11,13-17,23-24H,2-6,8-10,12H2,1H3,(H,40,44)(H,41,45). The third-order valence-corrected chi connectivity index (χ3v) is 8.52. The SMILES string of the molecule is CC(CC(=O)NC(c1ccn2cc(C(NC(=O)c3conc3CCC(F)(F)F)C3CCC(F)(F)CC3)nc2n1)C1CC1)C(F)(F)F. The highest BCUT2D eigenvalue weighted by molar-refractivity contribution is 5.95. The molecule has 0 bridgehead atoms. The molecule has 2 fully saturated rings. The normalized spacial score (nSPS) is 19.5. The Morgan fingerprint density at radius 1 is 1.00 bits per heavy atom. The largest absolute Gasteiger partial charge is 0.392 e. The van der Waals surface area contributed by atoms with Crippen molar-refractivity contribution in [1.29, 1.82) is 0 Å². The molecule has 0 radical (unpaired) electrons. The van der Waals surface area contributed by atoms with Gasteiger partial charge in [0.1, 0.15) is 11.8 Å². The van der Waals surface area contributed by atoms with Crippen LogP contribution in [0.2, 0.25) is 0 Å². The van der Waals surface area contributed by atoms with Crippen molar-refractivity contribution in [1.82, 2.24) is 30.2 Å². The first-order chi connectivity index (χ1) is 21.5. The van der Waals surface area contributed by atoms with Crippen molar-refractivity contribution in [2.24, 2.45) is 17.8 Å². The van der Waals surface area contributed by atoms with Crippen LogP contribution < -0.4 is 10.6 Å². The number of rotatable bonds is 11. The number of imidazole rings is 1. The van der Waals surface area contributed by atoms with Crippen molar-refractivity contribution < 1.29 is 49.2 Å². The predicted molar refractivity (Wildman–Crippen MR) is 144 cm³/mol. The van der Waals surface area contributed by atoms with Gasteiger partial charge in [0.05, 0.1) is 35.1 Å². The van der Waals surface area contributed by atoms with E-state index in [9.17, 15) is 44.7 Å². The Hall–Kier alpha value is -3.79. The number of aryl methyl sites for hydroxylation is 1. The van der Waals surface area contributed by atoms with E-state index in [0.29, 0.717) is 5.69 Å². The van der Waals surface area contributed by atoms with Gasteiger partial charge in [0.15, 0.2) is 0 Å². The zero-order valence-corrected chi connectivity index (χ0v) is 24.6. The number of alkyl halides is 8. The molecule has 3 atom stereocenters. The summed E-state index contributed by atoms with van der Waals surface area (Å²) in [6.07, 6.45) is -6.87. The van der Waals surface area contributed by atoms with Gasteiger partial charge in [0, 0.05) is 44.5 Å². The van der Waals surface area contributed by atoms with Crippen LogP contribution in [0.15, 0.2) is 29.2 Å². The lowest BCUT2D eigenvalue weighted by Crippen LogP contribution is -2.37. The Kier molecular flexibility index (Phi) is 9.33. The van der Waals surface area contributed by atoms with Crippen molar-refractivity contribution in [2.75, 3.05) is 0 Å². The molecule has 0 aliphatic heterocycles. The molecule has 2 amide bonds. The van der Waals surface area contributed by atoms with Gasteiger partial charge in [-0.1, -0.05) is 12.1 Å². The fraction of sp³-hybridized carbons (Fsp3) is 0.621. The van der Waals surface area contributed by atoms with Gasteiger partial charge >= 0.3 is 12.4 Å². The summed E-state index contributed by atoms with van der Waals surface area (Å²) in [5.74, 6) is -6.68. The summed E-state index contributed by atoms with van der Waals surface area (Å²) in [7, 11) is 0. The van der Waals surface area contributed by atoms with Crippen molar-refractivity contribution in [3.05, 3.63) is 47.4 Å². The molecule has 2 aliphatic rings. The van der Waals surface area contributed by atoms with E-state index in [4.69, 9.17) is 4.52 Å². The zero-order chi connectivity index (χ0) is 33.4. The summed E-state index contributed by atoms with van der Waals surface area (Å²) >= 11 is 0. The molecule has 0 saturated heterocycles. The van der Waals surface area contributed by atoms with E-state index in [-0.39, 0.29) is 41.5 Å². The molecule has 252 valence electrons. The molecule has 3 aromatic heterocycles. The van der Waals surface area contributed by atoms with Crippen LogP contribution in [0.4, 0.5) is 35.1 Å². The van der Waals surface area contributed by atoms with Crippen molar-refractivity contribution in [3.8, 4) is 0 Å². The smallest absolute Gasteiger partial charge is 0.364 e. The van der Waals surface area contributed by atoms with E-state index in [2.05, 4.69) is 25.8 Å². The fourth-order valence-electron chi connectivity index (χ4n) is 5.65. The van der Waals surface area contributed by atoms with Gasteiger partial charge in [-0.25, -0.2) is 18.7 Å². The Morgan fingerprint density at radius 3 is 2.26 bits per heavy atom. The van der Waals surface area contributed by atoms with Gasteiger partial charge in [-0.2, -0.15) is 26.3 Å². The van der Waals surface area contributed by atoms with Crippen LogP contribution in [-0.2, 0) is 11.2 Å². The third-order valence-electron chi connectivity index (χ3n) is 8.52. The Balaban J connectivity index is 1.39. The number of amides is 2. The predicted octanol–water partition coefficient (Wildman–Crippen LogP) is 6.66. The average Bonchev–Trinajstić information content (AvgIpc) is 3.53. The maximum Gasteiger partial charge on any atom is 0.392 e. The van der Waals surface area contributed by atoms with Crippen LogP contribution in [0.5, 0.6) is 0 Å². The van der Waals surface area contributed by atoms with Crippen LogP contribution in [0.3, 0.4) is 0 Å². The maximum absolute atomic E-state index is 14.0. The highest BCUT2D eigenvalue weighted by atomic mass is 19.4. The van der Waals surface area contributed by atoms with E-state index in [1.165, 1.54) is 10.6 Å². The molecule has 3 aromatic rings. The molecule has 0 spiro atoms. The molecule has 9 nitrogen and oxygen atoms in total. The lowest BCUT2D eigenvalue weighted by molar-refractivity contribution is -0.174. The summed E-state index contributed by atoms with van der Waals surface area (Å²) in [5.41, 5.74) is 0.203. The zero-order valence-electron chi connectivity index (χ0n) is 24.6. The van der Waals surface area contributed by atoms with Gasteiger partial charge in [-0.3, -0.25) is 14.0 Å². The molecule has 0 aromatic carbocycles. The fourth-order valence-corrected chi connectivity index (χ4v) is 5.65. The number of nitrogens with zero attached hydrogens (tertiary/aromatic N) is 4. The first-order valence-corrected chi connectivity index (χ1v) is 14.9. The molecule has 3 unspecified atom stereocenters. The number of fused-ring (bicyclic) bond motifs is 1. The molecule has 17 heteroatoms. The van der Waals surface area contributed by atoms with E-state index in [1.54, 1.807) is 12.3 Å². The van der Waals surface area contributed by atoms with Crippen LogP contribution in [0.1, 0.15) is 97.8 Å². The molecule has 2 saturated carbocycles. The minimum absolute atomic E-state index is 0.0272. The summed E-state index contributed by atoms with van der Waals surface area (Å²) in [4.78, 5) is 34.8. The van der Waals surface area contributed by atoms with E-state index >= 15 is 0 Å². The molecule has 5 rings (SSSR count). The van der Waals surface area contributed by atoms with Gasteiger partial charge < -0.3 is 15.2 Å². The second-order valence-electron chi connectivity index (χ2n) is 12.2. The Bertz CT molecular complexity index is 1540. The molecule has 3 heterocycles. The summed E-state index contributed by atoms with van der Waals surface area (Å²) in [5, 5.41) is 8.93. The monoisotopic (exact) mass is 664 g/mol. The minimum atomic E-state index is -4.52. The van der Waals surface area contributed by atoms with Gasteiger partial charge in [-0.05, 0) is 43.6 Å². The van der Waals surface area contributed by atoms with Crippen LogP contribution >= 0.6 is 0 Å². The average molecular weight is 665 g/mol. The summed E-state index contributed by atoms with van der Waals surface area (Å²) in [6, 6.07) is 0.00746. The number of carbonyl (C=O) groups excluding carboxylic acids is 2. The van der Waals surface area contributed by atoms with Crippen LogP contribution in [-0.4, -0.2) is 49.6 Å². The minimum Gasteiger partial charge on any atom is -0.364 e.